The van der Waals surface area contributed by atoms with E-state index >= 15 is 0 Å². The minimum absolute atomic E-state index is 0.0150. The van der Waals surface area contributed by atoms with Gasteiger partial charge in [-0.15, -0.1) is 0 Å². The highest BCUT2D eigenvalue weighted by molar-refractivity contribution is 7.89. The van der Waals surface area contributed by atoms with Crippen LogP contribution < -0.4 is 10.1 Å². The van der Waals surface area contributed by atoms with E-state index in [0.29, 0.717) is 11.4 Å². The lowest BCUT2D eigenvalue weighted by Gasteiger charge is -2.19. The van der Waals surface area contributed by atoms with E-state index in [1.165, 1.54) is 36.9 Å². The molecular formula is C24H29N5O4S. The van der Waals surface area contributed by atoms with Crippen molar-refractivity contribution in [2.75, 3.05) is 7.05 Å². The van der Waals surface area contributed by atoms with Crippen LogP contribution in [0.3, 0.4) is 0 Å². The first-order valence-electron chi connectivity index (χ1n) is 10.6. The number of aryl methyl sites for hydroxylation is 1. The zero-order chi connectivity index (χ0) is 25.3. The Kier molecular flexibility index (Phi) is 6.94. The fraction of sp³-hybridized carbons (Fsp3) is 0.292. The van der Waals surface area contributed by atoms with Crippen molar-refractivity contribution in [2.45, 2.75) is 38.0 Å². The second-order valence-corrected chi connectivity index (χ2v) is 10.8. The summed E-state index contributed by atoms with van der Waals surface area (Å²) in [6.07, 6.45) is 0. The van der Waals surface area contributed by atoms with Crippen molar-refractivity contribution in [3.63, 3.8) is 0 Å². The van der Waals surface area contributed by atoms with E-state index < -0.39 is 15.9 Å². The summed E-state index contributed by atoms with van der Waals surface area (Å²) in [4.78, 5) is 12.5. The minimum atomic E-state index is -3.59. The summed E-state index contributed by atoms with van der Waals surface area (Å²) in [6.45, 7) is 8.02. The van der Waals surface area contributed by atoms with Crippen molar-refractivity contribution >= 4 is 21.6 Å². The van der Waals surface area contributed by atoms with E-state index in [1.54, 1.807) is 18.7 Å². The maximum Gasteiger partial charge on any atom is 0.271 e. The molecule has 0 aliphatic rings. The normalized spacial score (nSPS) is 12.6. The summed E-state index contributed by atoms with van der Waals surface area (Å²) in [5.41, 5.74) is 5.74. The summed E-state index contributed by atoms with van der Waals surface area (Å²) in [7, 11) is -0.552. The van der Waals surface area contributed by atoms with Gasteiger partial charge in [0.15, 0.2) is 11.4 Å². The number of sulfonamides is 1. The number of aromatic nitrogens is 2. The molecule has 0 spiro atoms. The molecule has 1 aromatic heterocycles. The van der Waals surface area contributed by atoms with Crippen molar-refractivity contribution in [1.29, 1.82) is 0 Å². The van der Waals surface area contributed by atoms with Gasteiger partial charge in [-0.3, -0.25) is 9.48 Å². The summed E-state index contributed by atoms with van der Waals surface area (Å²) in [5, 5.41) is 19.3. The minimum Gasteiger partial charge on any atom is -0.504 e. The Morgan fingerprint density at radius 2 is 1.65 bits per heavy atom. The van der Waals surface area contributed by atoms with Gasteiger partial charge in [0.05, 0.1) is 10.6 Å². The molecule has 0 saturated heterocycles. The first kappa shape index (κ1) is 25.1. The highest BCUT2D eigenvalue weighted by atomic mass is 32.2. The van der Waals surface area contributed by atoms with Gasteiger partial charge in [-0.05, 0) is 49.2 Å². The highest BCUT2D eigenvalue weighted by Gasteiger charge is 2.21. The lowest BCUT2D eigenvalue weighted by Crippen LogP contribution is -2.21. The Hall–Kier alpha value is -3.50. The molecule has 2 aromatic carbocycles. The van der Waals surface area contributed by atoms with Gasteiger partial charge in [-0.25, -0.2) is 18.6 Å². The van der Waals surface area contributed by atoms with E-state index in [1.807, 2.05) is 24.3 Å². The third-order valence-corrected chi connectivity index (χ3v) is 6.84. The molecule has 3 aromatic rings. The van der Waals surface area contributed by atoms with E-state index in [-0.39, 0.29) is 27.3 Å². The standard InChI is InChI=1S/C24H29N5O4S/c1-15(26-27-23(31)17-9-13-19(14-10-17)34(32,33)25-5)20-22(30)21(29(6)28-20)16-7-11-18(12-8-16)24(2,3)4/h7-14,25,30H,1-6H3,(H,27,31)/b26-15+. The Labute approximate surface area is 199 Å². The van der Waals surface area contributed by atoms with Crippen LogP contribution in [-0.2, 0) is 22.5 Å². The zero-order valence-electron chi connectivity index (χ0n) is 20.0. The Bertz CT molecular complexity index is 1330. The fourth-order valence-electron chi connectivity index (χ4n) is 3.36. The number of nitrogens with zero attached hydrogens (tertiary/aromatic N) is 3. The number of hydrazone groups is 1. The number of carbonyl (C=O) groups is 1. The van der Waals surface area contributed by atoms with Crippen molar-refractivity contribution in [3.05, 3.63) is 65.4 Å². The molecule has 0 saturated carbocycles. The number of aromatic hydroxyl groups is 1. The van der Waals surface area contributed by atoms with Crippen LogP contribution in [0.4, 0.5) is 0 Å². The molecule has 9 nitrogen and oxygen atoms in total. The molecule has 0 aliphatic carbocycles. The molecule has 0 unspecified atom stereocenters. The topological polar surface area (TPSA) is 126 Å². The molecule has 34 heavy (non-hydrogen) atoms. The SMILES string of the molecule is CNS(=O)(=O)c1ccc(C(=O)N/N=C(\C)c2nn(C)c(-c3ccc(C(C)(C)C)cc3)c2O)cc1. The number of carbonyl (C=O) groups excluding carboxylic acids is 1. The number of hydrogen-bond donors (Lipinski definition) is 3. The predicted octanol–water partition coefficient (Wildman–Crippen LogP) is 3.15. The van der Waals surface area contributed by atoms with Crippen LogP contribution in [0.5, 0.6) is 5.75 Å². The molecular weight excluding hydrogens is 454 g/mol. The smallest absolute Gasteiger partial charge is 0.271 e. The van der Waals surface area contributed by atoms with Crippen molar-refractivity contribution < 1.29 is 18.3 Å². The maximum atomic E-state index is 12.4. The van der Waals surface area contributed by atoms with Gasteiger partial charge < -0.3 is 5.11 Å². The summed E-state index contributed by atoms with van der Waals surface area (Å²) in [5.74, 6) is -0.565. The lowest BCUT2D eigenvalue weighted by atomic mass is 9.86. The van der Waals surface area contributed by atoms with Gasteiger partial charge in [0.2, 0.25) is 10.0 Å². The van der Waals surface area contributed by atoms with Crippen molar-refractivity contribution in [1.82, 2.24) is 19.9 Å². The average molecular weight is 484 g/mol. The quantitative estimate of drug-likeness (QED) is 0.367. The van der Waals surface area contributed by atoms with Gasteiger partial charge >= 0.3 is 0 Å². The Balaban J connectivity index is 1.80. The Morgan fingerprint density at radius 3 is 2.18 bits per heavy atom. The van der Waals surface area contributed by atoms with Gasteiger partial charge in [0.1, 0.15) is 5.69 Å². The molecule has 0 fully saturated rings. The van der Waals surface area contributed by atoms with E-state index in [2.05, 4.69) is 41.1 Å². The third-order valence-electron chi connectivity index (χ3n) is 5.41. The first-order chi connectivity index (χ1) is 15.8. The van der Waals surface area contributed by atoms with Gasteiger partial charge in [-0.1, -0.05) is 45.0 Å². The van der Waals surface area contributed by atoms with Crippen LogP contribution >= 0.6 is 0 Å². The molecule has 10 heteroatoms. The van der Waals surface area contributed by atoms with Crippen LogP contribution in [-0.4, -0.2) is 42.0 Å². The number of hydrogen-bond acceptors (Lipinski definition) is 6. The van der Waals surface area contributed by atoms with Gasteiger partial charge in [-0.2, -0.15) is 10.2 Å². The van der Waals surface area contributed by atoms with E-state index in [9.17, 15) is 18.3 Å². The number of amides is 1. The lowest BCUT2D eigenvalue weighted by molar-refractivity contribution is 0.0954. The fourth-order valence-corrected chi connectivity index (χ4v) is 4.09. The first-order valence-corrected chi connectivity index (χ1v) is 12.1. The largest absolute Gasteiger partial charge is 0.504 e. The number of benzene rings is 2. The highest BCUT2D eigenvalue weighted by Crippen LogP contribution is 2.33. The molecule has 0 radical (unpaired) electrons. The van der Waals surface area contributed by atoms with Crippen LogP contribution in [0, 0.1) is 0 Å². The molecule has 3 N–H and O–H groups in total. The molecule has 180 valence electrons. The molecule has 0 aliphatic heterocycles. The van der Waals surface area contributed by atoms with Gasteiger partial charge in [0.25, 0.3) is 5.91 Å². The molecule has 1 amide bonds. The number of rotatable bonds is 6. The van der Waals surface area contributed by atoms with Gasteiger partial charge in [0, 0.05) is 18.2 Å². The molecule has 0 bridgehead atoms. The maximum absolute atomic E-state index is 12.4. The average Bonchev–Trinajstić information content (AvgIpc) is 3.10. The van der Waals surface area contributed by atoms with E-state index in [0.717, 1.165) is 5.56 Å². The summed E-state index contributed by atoms with van der Waals surface area (Å²) >= 11 is 0. The summed E-state index contributed by atoms with van der Waals surface area (Å²) < 4.78 is 27.4. The van der Waals surface area contributed by atoms with E-state index in [4.69, 9.17) is 0 Å². The van der Waals surface area contributed by atoms with Crippen LogP contribution in [0.1, 0.15) is 49.3 Å². The summed E-state index contributed by atoms with van der Waals surface area (Å²) in [6, 6.07) is 13.4. The second-order valence-electron chi connectivity index (χ2n) is 8.87. The van der Waals surface area contributed by atoms with Crippen molar-refractivity contribution in [2.24, 2.45) is 12.1 Å². The predicted molar refractivity (Wildman–Crippen MR) is 131 cm³/mol. The Morgan fingerprint density at radius 1 is 1.06 bits per heavy atom. The van der Waals surface area contributed by atoms with Crippen molar-refractivity contribution in [3.8, 4) is 17.0 Å². The molecule has 0 atom stereocenters. The molecule has 1 heterocycles. The zero-order valence-corrected chi connectivity index (χ0v) is 20.9. The van der Waals surface area contributed by atoms with Crippen LogP contribution in [0.15, 0.2) is 58.5 Å². The van der Waals surface area contributed by atoms with Crippen LogP contribution in [0.25, 0.3) is 11.3 Å². The monoisotopic (exact) mass is 483 g/mol. The van der Waals surface area contributed by atoms with Crippen LogP contribution in [0.2, 0.25) is 0 Å². The second kappa shape index (κ2) is 9.40. The third kappa shape index (κ3) is 5.18. The molecule has 3 rings (SSSR count). The number of nitrogens with one attached hydrogen (secondary N) is 2.